The zero-order chi connectivity index (χ0) is 11.7. The number of anilines is 1. The predicted octanol–water partition coefficient (Wildman–Crippen LogP) is 3.11. The summed E-state index contributed by atoms with van der Waals surface area (Å²) < 4.78 is 1.20. The van der Waals surface area contributed by atoms with Crippen LogP contribution in [0.25, 0.3) is 10.1 Å². The number of nitrogens with zero attached hydrogens (tertiary/aromatic N) is 1. The van der Waals surface area contributed by atoms with Gasteiger partial charge in [0.05, 0.1) is 0 Å². The van der Waals surface area contributed by atoms with Gasteiger partial charge in [0.1, 0.15) is 11.0 Å². The molecule has 2 N–H and O–H groups in total. The lowest BCUT2D eigenvalue weighted by Gasteiger charge is -2.24. The van der Waals surface area contributed by atoms with Crippen LogP contribution < -0.4 is 10.6 Å². The topological polar surface area (TPSA) is 37.0 Å². The maximum atomic E-state index is 6.04. The summed E-state index contributed by atoms with van der Waals surface area (Å²) >= 11 is 7.74. The lowest BCUT2D eigenvalue weighted by molar-refractivity contribution is 0.478. The maximum absolute atomic E-state index is 6.04. The molecule has 1 aliphatic heterocycles. The lowest BCUT2D eigenvalue weighted by Crippen LogP contribution is -2.35. The van der Waals surface area contributed by atoms with Crippen LogP contribution in [0.4, 0.5) is 5.82 Å². The molecule has 0 unspecified atom stereocenters. The van der Waals surface area contributed by atoms with Gasteiger partial charge in [-0.15, -0.1) is 11.3 Å². The summed E-state index contributed by atoms with van der Waals surface area (Å²) in [6.45, 7) is 2.15. The average Bonchev–Trinajstić information content (AvgIpc) is 2.78. The molecule has 0 atom stereocenters. The first-order valence-electron chi connectivity index (χ1n) is 5.84. The van der Waals surface area contributed by atoms with Crippen molar-refractivity contribution < 1.29 is 0 Å². The fourth-order valence-corrected chi connectivity index (χ4v) is 3.29. The second-order valence-corrected chi connectivity index (χ2v) is 5.63. The largest absolute Gasteiger partial charge is 0.367 e. The molecule has 2 aromatic heterocycles. The monoisotopic (exact) mass is 267 g/mol. The average molecular weight is 268 g/mol. The second-order valence-electron chi connectivity index (χ2n) is 4.29. The summed E-state index contributed by atoms with van der Waals surface area (Å²) in [7, 11) is 0. The highest BCUT2D eigenvalue weighted by atomic mass is 35.5. The summed E-state index contributed by atoms with van der Waals surface area (Å²) in [6, 6.07) is 4.53. The van der Waals surface area contributed by atoms with Crippen LogP contribution in [0.1, 0.15) is 12.8 Å². The molecule has 0 aromatic carbocycles. The number of aromatic nitrogens is 1. The molecule has 0 saturated carbocycles. The van der Waals surface area contributed by atoms with E-state index in [1.54, 1.807) is 11.3 Å². The van der Waals surface area contributed by atoms with Crippen LogP contribution in [-0.4, -0.2) is 24.1 Å². The molecule has 3 heterocycles. The third kappa shape index (κ3) is 2.39. The van der Waals surface area contributed by atoms with Crippen LogP contribution in [0.15, 0.2) is 17.5 Å². The molecule has 3 nitrogen and oxygen atoms in total. The SMILES string of the molecule is Clc1cc2sccc2c(NC2CCNCC2)n1. The van der Waals surface area contributed by atoms with Gasteiger partial charge in [0.2, 0.25) is 0 Å². The molecular formula is C12H14ClN3S. The van der Waals surface area contributed by atoms with Gasteiger partial charge in [-0.3, -0.25) is 0 Å². The van der Waals surface area contributed by atoms with Gasteiger partial charge in [0.15, 0.2) is 0 Å². The minimum atomic E-state index is 0.505. The molecule has 0 radical (unpaired) electrons. The first-order chi connectivity index (χ1) is 8.33. The van der Waals surface area contributed by atoms with Crippen LogP contribution in [0.5, 0.6) is 0 Å². The van der Waals surface area contributed by atoms with Crippen molar-refractivity contribution >= 4 is 38.8 Å². The second kappa shape index (κ2) is 4.80. The van der Waals surface area contributed by atoms with Crippen LogP contribution >= 0.6 is 22.9 Å². The number of hydrogen-bond acceptors (Lipinski definition) is 4. The van der Waals surface area contributed by atoms with Gasteiger partial charge in [0, 0.05) is 16.1 Å². The Morgan fingerprint density at radius 3 is 3.06 bits per heavy atom. The minimum Gasteiger partial charge on any atom is -0.367 e. The molecule has 0 spiro atoms. The molecule has 0 bridgehead atoms. The summed E-state index contributed by atoms with van der Waals surface area (Å²) in [5.74, 6) is 0.931. The van der Waals surface area contributed by atoms with E-state index < -0.39 is 0 Å². The van der Waals surface area contributed by atoms with Crippen molar-refractivity contribution in [3.63, 3.8) is 0 Å². The van der Waals surface area contributed by atoms with Crippen LogP contribution in [0, 0.1) is 0 Å². The molecule has 2 aromatic rings. The van der Waals surface area contributed by atoms with E-state index >= 15 is 0 Å². The van der Waals surface area contributed by atoms with E-state index in [0.29, 0.717) is 11.2 Å². The molecule has 1 saturated heterocycles. The van der Waals surface area contributed by atoms with Crippen molar-refractivity contribution in [3.8, 4) is 0 Å². The van der Waals surface area contributed by atoms with Gasteiger partial charge in [-0.25, -0.2) is 4.98 Å². The fraction of sp³-hybridized carbons (Fsp3) is 0.417. The van der Waals surface area contributed by atoms with Crippen LogP contribution in [0.2, 0.25) is 5.15 Å². The summed E-state index contributed by atoms with van der Waals surface area (Å²) in [5.41, 5.74) is 0. The van der Waals surface area contributed by atoms with Crippen molar-refractivity contribution in [2.45, 2.75) is 18.9 Å². The molecule has 1 aliphatic rings. The lowest BCUT2D eigenvalue weighted by atomic mass is 10.1. The highest BCUT2D eigenvalue weighted by molar-refractivity contribution is 7.17. The first-order valence-corrected chi connectivity index (χ1v) is 7.10. The first kappa shape index (κ1) is 11.3. The number of rotatable bonds is 2. The molecule has 5 heteroatoms. The minimum absolute atomic E-state index is 0.505. The Hall–Kier alpha value is -0.840. The third-order valence-electron chi connectivity index (χ3n) is 3.10. The molecule has 0 amide bonds. The van der Waals surface area contributed by atoms with Gasteiger partial charge in [0.25, 0.3) is 0 Å². The Labute approximate surface area is 109 Å². The quantitative estimate of drug-likeness (QED) is 0.821. The number of nitrogens with one attached hydrogen (secondary N) is 2. The highest BCUT2D eigenvalue weighted by Gasteiger charge is 2.15. The van der Waals surface area contributed by atoms with E-state index in [2.05, 4.69) is 27.1 Å². The zero-order valence-electron chi connectivity index (χ0n) is 9.37. The van der Waals surface area contributed by atoms with E-state index in [4.69, 9.17) is 11.6 Å². The van der Waals surface area contributed by atoms with Crippen molar-refractivity contribution in [3.05, 3.63) is 22.7 Å². The van der Waals surface area contributed by atoms with Crippen molar-refractivity contribution in [2.75, 3.05) is 18.4 Å². The Morgan fingerprint density at radius 1 is 1.41 bits per heavy atom. The number of piperidine rings is 1. The van der Waals surface area contributed by atoms with Crippen molar-refractivity contribution in [2.24, 2.45) is 0 Å². The molecule has 1 fully saturated rings. The van der Waals surface area contributed by atoms with Crippen LogP contribution in [0.3, 0.4) is 0 Å². The fourth-order valence-electron chi connectivity index (χ4n) is 2.21. The number of halogens is 1. The molecule has 90 valence electrons. The summed E-state index contributed by atoms with van der Waals surface area (Å²) in [6.07, 6.45) is 2.28. The maximum Gasteiger partial charge on any atom is 0.136 e. The van der Waals surface area contributed by atoms with E-state index in [-0.39, 0.29) is 0 Å². The Morgan fingerprint density at radius 2 is 2.24 bits per heavy atom. The Kier molecular flexibility index (Phi) is 3.18. The van der Waals surface area contributed by atoms with Crippen molar-refractivity contribution in [1.29, 1.82) is 0 Å². The van der Waals surface area contributed by atoms with Crippen LogP contribution in [-0.2, 0) is 0 Å². The van der Waals surface area contributed by atoms with E-state index in [9.17, 15) is 0 Å². The van der Waals surface area contributed by atoms with Gasteiger partial charge >= 0.3 is 0 Å². The standard InChI is InChI=1S/C12H14ClN3S/c13-11-7-10-9(3-6-17-10)12(16-11)15-8-1-4-14-5-2-8/h3,6-8,14H,1-2,4-5H2,(H,15,16). The number of fused-ring (bicyclic) bond motifs is 1. The summed E-state index contributed by atoms with van der Waals surface area (Å²) in [5, 5.41) is 10.7. The molecule has 0 aliphatic carbocycles. The van der Waals surface area contributed by atoms with Gasteiger partial charge in [-0.2, -0.15) is 0 Å². The smallest absolute Gasteiger partial charge is 0.136 e. The van der Waals surface area contributed by atoms with E-state index in [0.717, 1.165) is 31.7 Å². The molecular weight excluding hydrogens is 254 g/mol. The number of thiophene rings is 1. The number of pyridine rings is 1. The number of hydrogen-bond donors (Lipinski definition) is 2. The Bertz CT molecular complexity index is 519. The normalized spacial score (nSPS) is 17.5. The molecule has 17 heavy (non-hydrogen) atoms. The summed E-state index contributed by atoms with van der Waals surface area (Å²) in [4.78, 5) is 4.41. The van der Waals surface area contributed by atoms with Gasteiger partial charge in [-0.1, -0.05) is 11.6 Å². The Balaban J connectivity index is 1.90. The zero-order valence-corrected chi connectivity index (χ0v) is 10.9. The predicted molar refractivity (Wildman–Crippen MR) is 74.1 cm³/mol. The van der Waals surface area contributed by atoms with Gasteiger partial charge < -0.3 is 10.6 Å². The van der Waals surface area contributed by atoms with E-state index in [1.165, 1.54) is 10.1 Å². The highest BCUT2D eigenvalue weighted by Crippen LogP contribution is 2.30. The third-order valence-corrected chi connectivity index (χ3v) is 4.16. The molecule has 3 rings (SSSR count). The van der Waals surface area contributed by atoms with E-state index in [1.807, 2.05) is 6.07 Å². The van der Waals surface area contributed by atoms with Crippen molar-refractivity contribution in [1.82, 2.24) is 10.3 Å². The van der Waals surface area contributed by atoms with Gasteiger partial charge in [-0.05, 0) is 43.4 Å².